The first-order valence-corrected chi connectivity index (χ1v) is 3.82. The topological polar surface area (TPSA) is 52.6 Å². The molecule has 1 aliphatic rings. The van der Waals surface area contributed by atoms with Crippen LogP contribution in [-0.2, 0) is 4.79 Å². The third kappa shape index (κ3) is 2.17. The molecule has 0 atom stereocenters. The molecule has 0 unspecified atom stereocenters. The van der Waals surface area contributed by atoms with E-state index in [1.165, 1.54) is 11.9 Å². The van der Waals surface area contributed by atoms with E-state index in [1.54, 1.807) is 0 Å². The predicted molar refractivity (Wildman–Crippen MR) is 38.1 cm³/mol. The van der Waals surface area contributed by atoms with Crippen LogP contribution in [0.2, 0.25) is 0 Å². The molecule has 1 fully saturated rings. The van der Waals surface area contributed by atoms with Crippen molar-refractivity contribution in [2.24, 2.45) is 0 Å². The number of hydrazine groups is 1. The van der Waals surface area contributed by atoms with Crippen LogP contribution in [0.25, 0.3) is 0 Å². The molecular weight excluding hydrogens is 152 g/mol. The van der Waals surface area contributed by atoms with Gasteiger partial charge in [-0.05, 0) is 36.3 Å². The molecule has 0 aromatic carbocycles. The standard InChI is InChI=1S/C5H10N2O2S/c1-5(2-3-5)10-7(9)6-4-8/h4,9H,2-3H2,1H3,(H,6,8). The molecule has 0 aliphatic heterocycles. The van der Waals surface area contributed by atoms with Gasteiger partial charge in [0.05, 0.1) is 0 Å². The molecule has 0 saturated heterocycles. The highest BCUT2D eigenvalue weighted by Crippen LogP contribution is 2.48. The molecule has 2 N–H and O–H groups in total. The molecule has 1 rings (SSSR count). The number of amides is 1. The summed E-state index contributed by atoms with van der Waals surface area (Å²) in [6.07, 6.45) is 2.63. The Kier molecular flexibility index (Phi) is 2.18. The number of hydrogen-bond donors (Lipinski definition) is 2. The van der Waals surface area contributed by atoms with Gasteiger partial charge in [-0.3, -0.25) is 15.4 Å². The SMILES string of the molecule is CC1(SN(O)NC=O)CC1. The van der Waals surface area contributed by atoms with Crippen molar-refractivity contribution in [2.75, 3.05) is 0 Å². The molecular formula is C5H10N2O2S. The lowest BCUT2D eigenvalue weighted by molar-refractivity contribution is -0.121. The number of hydrogen-bond acceptors (Lipinski definition) is 4. The third-order valence-electron chi connectivity index (χ3n) is 1.42. The van der Waals surface area contributed by atoms with Gasteiger partial charge in [0.25, 0.3) is 0 Å². The summed E-state index contributed by atoms with van der Waals surface area (Å²) in [4.78, 5) is 9.80. The Morgan fingerprint density at radius 3 is 2.80 bits per heavy atom. The predicted octanol–water partition coefficient (Wildman–Crippen LogP) is 0.539. The number of nitrogens with zero attached hydrogens (tertiary/aromatic N) is 1. The molecule has 0 spiro atoms. The minimum atomic E-state index is 0.144. The zero-order chi connectivity index (χ0) is 7.61. The zero-order valence-corrected chi connectivity index (χ0v) is 6.52. The highest BCUT2D eigenvalue weighted by atomic mass is 32.2. The summed E-state index contributed by atoms with van der Waals surface area (Å²) in [5.41, 5.74) is 2.11. The monoisotopic (exact) mass is 162 g/mol. The summed E-state index contributed by atoms with van der Waals surface area (Å²) in [6.45, 7) is 2.04. The van der Waals surface area contributed by atoms with Gasteiger partial charge in [-0.15, -0.1) is 0 Å². The van der Waals surface area contributed by atoms with Crippen LogP contribution in [0.15, 0.2) is 0 Å². The van der Waals surface area contributed by atoms with Gasteiger partial charge >= 0.3 is 0 Å². The Morgan fingerprint density at radius 1 is 1.80 bits per heavy atom. The second-order valence-corrected chi connectivity index (χ2v) is 4.08. The molecule has 58 valence electrons. The highest BCUT2D eigenvalue weighted by Gasteiger charge is 2.40. The van der Waals surface area contributed by atoms with Crippen molar-refractivity contribution in [3.63, 3.8) is 0 Å². The molecule has 0 aromatic heterocycles. The Bertz CT molecular complexity index is 138. The maximum atomic E-state index is 9.80. The van der Waals surface area contributed by atoms with Crippen molar-refractivity contribution in [1.29, 1.82) is 0 Å². The van der Waals surface area contributed by atoms with Gasteiger partial charge in [0, 0.05) is 4.75 Å². The van der Waals surface area contributed by atoms with Gasteiger partial charge in [-0.25, -0.2) is 0 Å². The molecule has 4 nitrogen and oxygen atoms in total. The second-order valence-electron chi connectivity index (χ2n) is 2.56. The van der Waals surface area contributed by atoms with E-state index in [-0.39, 0.29) is 4.75 Å². The lowest BCUT2D eigenvalue weighted by Gasteiger charge is -2.14. The molecule has 0 radical (unpaired) electrons. The van der Waals surface area contributed by atoms with Gasteiger partial charge in [-0.1, -0.05) is 0 Å². The summed E-state index contributed by atoms with van der Waals surface area (Å²) < 4.78 is 0.894. The van der Waals surface area contributed by atoms with E-state index in [4.69, 9.17) is 5.21 Å². The van der Waals surface area contributed by atoms with Crippen LogP contribution in [0.4, 0.5) is 0 Å². The molecule has 5 heteroatoms. The van der Waals surface area contributed by atoms with E-state index in [2.05, 4.69) is 5.43 Å². The van der Waals surface area contributed by atoms with E-state index in [0.717, 1.165) is 17.4 Å². The summed E-state index contributed by atoms with van der Waals surface area (Å²) in [7, 11) is 0. The number of nitrogens with one attached hydrogen (secondary N) is 1. The zero-order valence-electron chi connectivity index (χ0n) is 5.70. The van der Waals surface area contributed by atoms with Crippen LogP contribution in [0.1, 0.15) is 19.8 Å². The lowest BCUT2D eigenvalue weighted by Crippen LogP contribution is -2.29. The van der Waals surface area contributed by atoms with Crippen molar-refractivity contribution in [3.8, 4) is 0 Å². The van der Waals surface area contributed by atoms with Gasteiger partial charge in [0.2, 0.25) is 6.41 Å². The minimum absolute atomic E-state index is 0.144. The normalized spacial score (nSPS) is 20.7. The maximum absolute atomic E-state index is 9.80. The maximum Gasteiger partial charge on any atom is 0.224 e. The Morgan fingerprint density at radius 2 is 2.40 bits per heavy atom. The van der Waals surface area contributed by atoms with Crippen molar-refractivity contribution in [3.05, 3.63) is 0 Å². The summed E-state index contributed by atoms with van der Waals surface area (Å²) in [6, 6.07) is 0. The van der Waals surface area contributed by atoms with Crippen LogP contribution in [0.5, 0.6) is 0 Å². The van der Waals surface area contributed by atoms with Gasteiger partial charge in [0.1, 0.15) is 0 Å². The third-order valence-corrected chi connectivity index (χ3v) is 2.55. The molecule has 0 heterocycles. The Hall–Kier alpha value is -0.260. The molecule has 10 heavy (non-hydrogen) atoms. The van der Waals surface area contributed by atoms with E-state index < -0.39 is 0 Å². The second kappa shape index (κ2) is 2.77. The molecule has 1 aliphatic carbocycles. The summed E-state index contributed by atoms with van der Waals surface area (Å²) >= 11 is 1.24. The van der Waals surface area contributed by atoms with Crippen molar-refractivity contribution >= 4 is 18.4 Å². The quantitative estimate of drug-likeness (QED) is 0.360. The fourth-order valence-electron chi connectivity index (χ4n) is 0.548. The average molecular weight is 162 g/mol. The Labute approximate surface area is 63.6 Å². The fourth-order valence-corrected chi connectivity index (χ4v) is 1.35. The van der Waals surface area contributed by atoms with Gasteiger partial charge < -0.3 is 0 Å². The number of carbonyl (C=O) groups excluding carboxylic acids is 1. The minimum Gasteiger partial charge on any atom is -0.285 e. The highest BCUT2D eigenvalue weighted by molar-refractivity contribution is 7.98. The first-order chi connectivity index (χ1) is 4.66. The first kappa shape index (κ1) is 7.84. The summed E-state index contributed by atoms with van der Waals surface area (Å²) in [5.74, 6) is 0. The van der Waals surface area contributed by atoms with E-state index in [0.29, 0.717) is 6.41 Å². The van der Waals surface area contributed by atoms with Crippen LogP contribution < -0.4 is 5.43 Å². The fraction of sp³-hybridized carbons (Fsp3) is 0.800. The van der Waals surface area contributed by atoms with Crippen molar-refractivity contribution in [2.45, 2.75) is 24.5 Å². The van der Waals surface area contributed by atoms with Crippen LogP contribution in [-0.4, -0.2) is 20.9 Å². The van der Waals surface area contributed by atoms with Crippen molar-refractivity contribution in [1.82, 2.24) is 10.0 Å². The van der Waals surface area contributed by atoms with Gasteiger partial charge in [0.15, 0.2) is 0 Å². The average Bonchev–Trinajstić information content (AvgIpc) is 2.48. The molecule has 1 saturated carbocycles. The molecule has 1 amide bonds. The van der Waals surface area contributed by atoms with Crippen molar-refractivity contribution < 1.29 is 10.0 Å². The molecule has 0 aromatic rings. The smallest absolute Gasteiger partial charge is 0.224 e. The largest absolute Gasteiger partial charge is 0.285 e. The Balaban J connectivity index is 2.17. The van der Waals surface area contributed by atoms with Gasteiger partial charge in [-0.2, -0.15) is 0 Å². The first-order valence-electron chi connectivity index (χ1n) is 3.04. The number of carbonyl (C=O) groups is 1. The van der Waals surface area contributed by atoms with Crippen LogP contribution in [0.3, 0.4) is 0 Å². The number of rotatable bonds is 4. The van der Waals surface area contributed by atoms with E-state index in [9.17, 15) is 4.79 Å². The van der Waals surface area contributed by atoms with E-state index >= 15 is 0 Å². The van der Waals surface area contributed by atoms with Crippen LogP contribution >= 0.6 is 11.9 Å². The van der Waals surface area contributed by atoms with E-state index in [1.807, 2.05) is 6.92 Å². The molecule has 0 bridgehead atoms. The lowest BCUT2D eigenvalue weighted by atomic mass is 10.5. The summed E-state index contributed by atoms with van der Waals surface area (Å²) in [5, 5.41) is 8.88. The van der Waals surface area contributed by atoms with Crippen LogP contribution in [0, 0.1) is 0 Å².